The van der Waals surface area contributed by atoms with Crippen molar-refractivity contribution in [3.05, 3.63) is 83.7 Å². The molecule has 1 aliphatic rings. The number of carbonyl (C=O) groups excluding carboxylic acids is 2. The van der Waals surface area contributed by atoms with E-state index in [9.17, 15) is 9.59 Å². The number of alkyl carbamates (subject to hydrolysis) is 1. The lowest BCUT2D eigenvalue weighted by Crippen LogP contribution is -2.40. The number of amides is 2. The summed E-state index contributed by atoms with van der Waals surface area (Å²) in [5.41, 5.74) is 6.89. The van der Waals surface area contributed by atoms with Crippen molar-refractivity contribution in [3.63, 3.8) is 0 Å². The quantitative estimate of drug-likeness (QED) is 0.179. The average molecular weight is 514 g/mol. The van der Waals surface area contributed by atoms with Crippen LogP contribution in [0.5, 0.6) is 5.75 Å². The fraction of sp³-hybridized carbons (Fsp3) is 0.300. The van der Waals surface area contributed by atoms with Crippen molar-refractivity contribution in [3.8, 4) is 16.9 Å². The molecule has 1 aliphatic carbocycles. The van der Waals surface area contributed by atoms with Crippen LogP contribution in [-0.2, 0) is 29.2 Å². The predicted octanol–water partition coefficient (Wildman–Crippen LogP) is 4.13. The maximum atomic E-state index is 12.8. The Hall–Kier alpha value is -4.33. The highest BCUT2D eigenvalue weighted by Gasteiger charge is 2.29. The summed E-state index contributed by atoms with van der Waals surface area (Å²) in [5.74, 6) is 1.74. The topological polar surface area (TPSA) is 85.5 Å². The molecule has 0 atom stereocenters. The van der Waals surface area contributed by atoms with Gasteiger partial charge in [0, 0.05) is 12.0 Å². The Labute approximate surface area is 222 Å². The van der Waals surface area contributed by atoms with E-state index >= 15 is 0 Å². The van der Waals surface area contributed by atoms with Crippen molar-refractivity contribution in [1.82, 2.24) is 15.2 Å². The van der Waals surface area contributed by atoms with Crippen LogP contribution in [0.15, 0.2) is 66.7 Å². The van der Waals surface area contributed by atoms with Crippen LogP contribution >= 0.6 is 0 Å². The number of nitrogens with one attached hydrogen (secondary N) is 2. The molecule has 0 aliphatic heterocycles. The SMILES string of the molecule is CCn1c(CNC(=O)OCC2c3ccccc3-c3ccccc32)[n+](CC)c2ccc(OCCNC=O)cc21. The van der Waals surface area contributed by atoms with Gasteiger partial charge in [-0.2, -0.15) is 0 Å². The number of aromatic nitrogens is 2. The van der Waals surface area contributed by atoms with Crippen molar-refractivity contribution < 1.29 is 23.6 Å². The van der Waals surface area contributed by atoms with E-state index < -0.39 is 6.09 Å². The number of aryl methyl sites for hydroxylation is 2. The summed E-state index contributed by atoms with van der Waals surface area (Å²) in [6.07, 6.45) is 0.226. The Kier molecular flexibility index (Phi) is 7.58. The van der Waals surface area contributed by atoms with E-state index in [-0.39, 0.29) is 12.5 Å². The minimum absolute atomic E-state index is 0.0240. The zero-order chi connectivity index (χ0) is 26.5. The molecule has 0 saturated carbocycles. The van der Waals surface area contributed by atoms with Crippen LogP contribution in [0, 0.1) is 0 Å². The van der Waals surface area contributed by atoms with Crippen LogP contribution in [0.2, 0.25) is 0 Å². The lowest BCUT2D eigenvalue weighted by molar-refractivity contribution is -0.676. The van der Waals surface area contributed by atoms with Gasteiger partial charge in [-0.1, -0.05) is 48.5 Å². The zero-order valence-electron chi connectivity index (χ0n) is 21.8. The van der Waals surface area contributed by atoms with Crippen LogP contribution in [0.3, 0.4) is 0 Å². The van der Waals surface area contributed by atoms with Gasteiger partial charge < -0.3 is 20.1 Å². The summed E-state index contributed by atoms with van der Waals surface area (Å²) in [5, 5.41) is 5.57. The second-order valence-corrected chi connectivity index (χ2v) is 9.15. The molecule has 0 spiro atoms. The highest BCUT2D eigenvalue weighted by molar-refractivity contribution is 5.79. The molecule has 0 saturated heterocycles. The van der Waals surface area contributed by atoms with Gasteiger partial charge in [0.05, 0.1) is 19.6 Å². The van der Waals surface area contributed by atoms with Crippen LogP contribution in [-0.4, -0.2) is 36.8 Å². The van der Waals surface area contributed by atoms with Crippen LogP contribution < -0.4 is 19.9 Å². The van der Waals surface area contributed by atoms with Crippen molar-refractivity contribution in [1.29, 1.82) is 0 Å². The molecule has 2 N–H and O–H groups in total. The molecule has 2 amide bonds. The van der Waals surface area contributed by atoms with E-state index in [4.69, 9.17) is 9.47 Å². The monoisotopic (exact) mass is 513 g/mol. The number of nitrogens with zero attached hydrogens (tertiary/aromatic N) is 2. The molecule has 5 rings (SSSR count). The van der Waals surface area contributed by atoms with Gasteiger partial charge in [-0.15, -0.1) is 0 Å². The average Bonchev–Trinajstić information content (AvgIpc) is 3.44. The third-order valence-corrected chi connectivity index (χ3v) is 7.12. The maximum absolute atomic E-state index is 12.8. The molecule has 1 aromatic heterocycles. The molecular formula is C30H33N4O4+. The number of hydrogen-bond acceptors (Lipinski definition) is 4. The van der Waals surface area contributed by atoms with Crippen molar-refractivity contribution in [2.45, 2.75) is 39.4 Å². The molecule has 8 heteroatoms. The first kappa shape index (κ1) is 25.3. The fourth-order valence-corrected chi connectivity index (χ4v) is 5.45. The first-order valence-corrected chi connectivity index (χ1v) is 13.1. The second kappa shape index (κ2) is 11.4. The third-order valence-electron chi connectivity index (χ3n) is 7.12. The molecule has 8 nitrogen and oxygen atoms in total. The van der Waals surface area contributed by atoms with E-state index in [1.165, 1.54) is 22.3 Å². The largest absolute Gasteiger partial charge is 0.492 e. The Morgan fingerprint density at radius 1 is 1.03 bits per heavy atom. The molecule has 3 aromatic carbocycles. The van der Waals surface area contributed by atoms with Crippen LogP contribution in [0.25, 0.3) is 22.2 Å². The summed E-state index contributed by atoms with van der Waals surface area (Å²) in [6.45, 7) is 7.12. The lowest BCUT2D eigenvalue weighted by Gasteiger charge is -2.14. The molecule has 0 fully saturated rings. The maximum Gasteiger partial charge on any atom is 0.407 e. The summed E-state index contributed by atoms with van der Waals surface area (Å²) in [6, 6.07) is 22.6. The number of carbonyl (C=O) groups is 2. The van der Waals surface area contributed by atoms with Gasteiger partial charge in [0.2, 0.25) is 6.41 Å². The Morgan fingerprint density at radius 2 is 1.74 bits per heavy atom. The number of imidazole rings is 1. The van der Waals surface area contributed by atoms with E-state index in [1.54, 1.807) is 0 Å². The summed E-state index contributed by atoms with van der Waals surface area (Å²) < 4.78 is 15.9. The van der Waals surface area contributed by atoms with Crippen LogP contribution in [0.4, 0.5) is 4.79 Å². The molecule has 1 heterocycles. The number of benzene rings is 3. The normalized spacial score (nSPS) is 12.2. The first-order chi connectivity index (χ1) is 18.7. The summed E-state index contributed by atoms with van der Waals surface area (Å²) >= 11 is 0. The van der Waals surface area contributed by atoms with Gasteiger partial charge in [-0.05, 0) is 48.2 Å². The van der Waals surface area contributed by atoms with E-state index in [2.05, 4.69) is 57.9 Å². The van der Waals surface area contributed by atoms with Gasteiger partial charge in [0.1, 0.15) is 25.5 Å². The number of ether oxygens (including phenoxy) is 2. The lowest BCUT2D eigenvalue weighted by atomic mass is 9.98. The van der Waals surface area contributed by atoms with Gasteiger partial charge >= 0.3 is 6.09 Å². The summed E-state index contributed by atoms with van der Waals surface area (Å²) in [4.78, 5) is 23.3. The minimum atomic E-state index is -0.436. The number of hydrogen-bond donors (Lipinski definition) is 2. The van der Waals surface area contributed by atoms with Crippen molar-refractivity contribution in [2.24, 2.45) is 0 Å². The third kappa shape index (κ3) is 4.81. The Morgan fingerprint density at radius 3 is 2.39 bits per heavy atom. The molecule has 0 radical (unpaired) electrons. The highest BCUT2D eigenvalue weighted by atomic mass is 16.5. The molecule has 0 bridgehead atoms. The molecule has 0 unspecified atom stereocenters. The van der Waals surface area contributed by atoms with Gasteiger partial charge in [-0.25, -0.2) is 13.9 Å². The first-order valence-electron chi connectivity index (χ1n) is 13.1. The van der Waals surface area contributed by atoms with Crippen LogP contribution in [0.1, 0.15) is 36.7 Å². The van der Waals surface area contributed by atoms with E-state index in [0.29, 0.717) is 26.1 Å². The number of rotatable bonds is 11. The molecule has 196 valence electrons. The Balaban J connectivity index is 1.28. The molecule has 38 heavy (non-hydrogen) atoms. The Bertz CT molecular complexity index is 1420. The number of fused-ring (bicyclic) bond motifs is 4. The van der Waals surface area contributed by atoms with Crippen molar-refractivity contribution >= 4 is 23.5 Å². The fourth-order valence-electron chi connectivity index (χ4n) is 5.45. The summed E-state index contributed by atoms with van der Waals surface area (Å²) in [7, 11) is 0. The van der Waals surface area contributed by atoms with Crippen molar-refractivity contribution in [2.75, 3.05) is 19.8 Å². The van der Waals surface area contributed by atoms with E-state index in [1.807, 2.05) is 42.5 Å². The van der Waals surface area contributed by atoms with E-state index in [0.717, 1.165) is 35.7 Å². The highest BCUT2D eigenvalue weighted by Crippen LogP contribution is 2.44. The smallest absolute Gasteiger partial charge is 0.407 e. The van der Waals surface area contributed by atoms with Gasteiger partial charge in [0.25, 0.3) is 5.82 Å². The van der Waals surface area contributed by atoms with Gasteiger partial charge in [-0.3, -0.25) is 4.79 Å². The predicted molar refractivity (Wildman–Crippen MR) is 145 cm³/mol. The molecule has 4 aromatic rings. The standard InChI is InChI=1S/C30H32N4O4/c1-3-33-27-14-13-21(37-16-15-31-20-35)17-28(27)34(4-2)29(33)18-32-30(36)38-19-26-24-11-7-5-9-22(24)23-10-6-8-12-25(23)26/h5-14,17,20,26H,3-4,15-16,18-19H2,1-2H3,(H-,31,32,35,36)/p+1. The minimum Gasteiger partial charge on any atom is -0.492 e. The molecular weight excluding hydrogens is 480 g/mol. The second-order valence-electron chi connectivity index (χ2n) is 9.15. The zero-order valence-corrected chi connectivity index (χ0v) is 21.8. The van der Waals surface area contributed by atoms with Gasteiger partial charge in [0.15, 0.2) is 11.0 Å².